The highest BCUT2D eigenvalue weighted by Crippen LogP contribution is 2.46. The Labute approximate surface area is 116 Å². The monoisotopic (exact) mass is 290 g/mol. The van der Waals surface area contributed by atoms with E-state index in [1.54, 1.807) is 12.4 Å². The van der Waals surface area contributed by atoms with E-state index in [9.17, 15) is 13.2 Å². The summed E-state index contributed by atoms with van der Waals surface area (Å²) in [5.74, 6) is 4.29. The number of nitrogens with zero attached hydrogens (tertiary/aromatic N) is 2. The second-order valence-corrected chi connectivity index (χ2v) is 5.31. The first-order valence-electron chi connectivity index (χ1n) is 7.03. The van der Waals surface area contributed by atoms with E-state index in [0.29, 0.717) is 25.2 Å². The third-order valence-corrected chi connectivity index (χ3v) is 4.21. The van der Waals surface area contributed by atoms with Crippen LogP contribution >= 0.6 is 0 Å². The number of hydrogen-bond donors (Lipinski definition) is 2. The summed E-state index contributed by atoms with van der Waals surface area (Å²) in [6.45, 7) is 2.60. The maximum Gasteiger partial charge on any atom is 0.392 e. The molecule has 1 aromatic heterocycles. The smallest absolute Gasteiger partial charge is 0.334 e. The molecule has 0 aliphatic heterocycles. The molecule has 0 aromatic carbocycles. The van der Waals surface area contributed by atoms with E-state index in [1.165, 1.54) is 0 Å². The summed E-state index contributed by atoms with van der Waals surface area (Å²) in [7, 11) is 0. The van der Waals surface area contributed by atoms with E-state index in [1.807, 2.05) is 11.5 Å². The van der Waals surface area contributed by atoms with Gasteiger partial charge in [-0.3, -0.25) is 5.84 Å². The summed E-state index contributed by atoms with van der Waals surface area (Å²) in [6, 6.07) is -0.558. The molecule has 0 spiro atoms. The summed E-state index contributed by atoms with van der Waals surface area (Å²) in [5, 5.41) is 0. The van der Waals surface area contributed by atoms with Gasteiger partial charge in [0.15, 0.2) is 0 Å². The van der Waals surface area contributed by atoms with Gasteiger partial charge in [0.05, 0.1) is 12.0 Å². The quantitative estimate of drug-likeness (QED) is 0.662. The Morgan fingerprint density at radius 1 is 1.45 bits per heavy atom. The Morgan fingerprint density at radius 3 is 2.75 bits per heavy atom. The molecule has 1 aliphatic rings. The summed E-state index contributed by atoms with van der Waals surface area (Å²) in [6.07, 6.45) is 1.33. The molecule has 1 heterocycles. The SMILES string of the molecule is CCn1ccnc1C(NN)C1CCCCC1C(F)(F)F. The molecule has 2 rings (SSSR count). The summed E-state index contributed by atoms with van der Waals surface area (Å²) >= 11 is 0. The fraction of sp³-hybridized carbons (Fsp3) is 0.769. The van der Waals surface area contributed by atoms with Gasteiger partial charge in [-0.05, 0) is 25.7 Å². The second kappa shape index (κ2) is 6.13. The Morgan fingerprint density at radius 2 is 2.15 bits per heavy atom. The van der Waals surface area contributed by atoms with Crippen molar-refractivity contribution in [3.05, 3.63) is 18.2 Å². The molecule has 0 saturated heterocycles. The molecule has 1 aromatic rings. The molecule has 3 unspecified atom stereocenters. The van der Waals surface area contributed by atoms with Gasteiger partial charge in [0.2, 0.25) is 0 Å². The number of nitrogens with one attached hydrogen (secondary N) is 1. The van der Waals surface area contributed by atoms with Crippen LogP contribution in [0.15, 0.2) is 12.4 Å². The van der Waals surface area contributed by atoms with E-state index in [-0.39, 0.29) is 6.42 Å². The minimum Gasteiger partial charge on any atom is -0.334 e. The van der Waals surface area contributed by atoms with Gasteiger partial charge < -0.3 is 4.57 Å². The lowest BCUT2D eigenvalue weighted by Gasteiger charge is -2.37. The molecule has 1 saturated carbocycles. The molecular formula is C13H21F3N4. The zero-order valence-electron chi connectivity index (χ0n) is 11.5. The number of aromatic nitrogens is 2. The fourth-order valence-electron chi connectivity index (χ4n) is 3.22. The van der Waals surface area contributed by atoms with Gasteiger partial charge in [0, 0.05) is 18.9 Å². The van der Waals surface area contributed by atoms with Crippen LogP contribution in [0, 0.1) is 11.8 Å². The maximum atomic E-state index is 13.2. The molecule has 1 aliphatic carbocycles. The topological polar surface area (TPSA) is 55.9 Å². The van der Waals surface area contributed by atoms with Crippen LogP contribution in [-0.4, -0.2) is 15.7 Å². The molecule has 7 heteroatoms. The van der Waals surface area contributed by atoms with Crippen LogP contribution in [0.3, 0.4) is 0 Å². The molecule has 0 radical (unpaired) electrons. The van der Waals surface area contributed by atoms with Gasteiger partial charge in [0.1, 0.15) is 5.82 Å². The van der Waals surface area contributed by atoms with E-state index < -0.39 is 24.1 Å². The van der Waals surface area contributed by atoms with Crippen molar-refractivity contribution in [3.8, 4) is 0 Å². The standard InChI is InChI=1S/C13H21F3N4/c1-2-20-8-7-18-12(20)11(19-17)9-5-3-4-6-10(9)13(14,15)16/h7-11,19H,2-6,17H2,1H3. The van der Waals surface area contributed by atoms with E-state index >= 15 is 0 Å². The lowest BCUT2D eigenvalue weighted by atomic mass is 9.74. The lowest BCUT2D eigenvalue weighted by molar-refractivity contribution is -0.200. The first-order valence-corrected chi connectivity index (χ1v) is 7.03. The van der Waals surface area contributed by atoms with Crippen LogP contribution < -0.4 is 11.3 Å². The minimum absolute atomic E-state index is 0.180. The Bertz CT molecular complexity index is 429. The molecular weight excluding hydrogens is 269 g/mol. The lowest BCUT2D eigenvalue weighted by Crippen LogP contribution is -2.44. The summed E-state index contributed by atoms with van der Waals surface area (Å²) in [4.78, 5) is 4.20. The van der Waals surface area contributed by atoms with Crippen molar-refractivity contribution in [1.82, 2.24) is 15.0 Å². The van der Waals surface area contributed by atoms with Crippen molar-refractivity contribution < 1.29 is 13.2 Å². The van der Waals surface area contributed by atoms with Gasteiger partial charge in [-0.2, -0.15) is 13.2 Å². The molecule has 4 nitrogen and oxygen atoms in total. The number of imidazole rings is 1. The van der Waals surface area contributed by atoms with Crippen molar-refractivity contribution in [2.24, 2.45) is 17.7 Å². The highest BCUT2D eigenvalue weighted by Gasteiger charge is 2.48. The summed E-state index contributed by atoms with van der Waals surface area (Å²) < 4.78 is 41.5. The third-order valence-electron chi connectivity index (χ3n) is 4.21. The largest absolute Gasteiger partial charge is 0.392 e. The van der Waals surface area contributed by atoms with Crippen LogP contribution in [-0.2, 0) is 6.54 Å². The van der Waals surface area contributed by atoms with E-state index in [2.05, 4.69) is 10.4 Å². The molecule has 114 valence electrons. The first-order chi connectivity index (χ1) is 9.49. The third kappa shape index (κ3) is 2.98. The van der Waals surface area contributed by atoms with Crippen molar-refractivity contribution in [1.29, 1.82) is 0 Å². The predicted molar refractivity (Wildman–Crippen MR) is 69.5 cm³/mol. The fourth-order valence-corrected chi connectivity index (χ4v) is 3.22. The molecule has 0 bridgehead atoms. The number of alkyl halides is 3. The molecule has 3 atom stereocenters. The van der Waals surface area contributed by atoms with E-state index in [0.717, 1.165) is 6.42 Å². The number of rotatable bonds is 4. The molecule has 0 amide bonds. The van der Waals surface area contributed by atoms with Crippen molar-refractivity contribution in [3.63, 3.8) is 0 Å². The number of hydrogen-bond acceptors (Lipinski definition) is 3. The van der Waals surface area contributed by atoms with E-state index in [4.69, 9.17) is 5.84 Å². The number of hydrazine groups is 1. The van der Waals surface area contributed by atoms with Gasteiger partial charge in [-0.15, -0.1) is 0 Å². The second-order valence-electron chi connectivity index (χ2n) is 5.31. The van der Waals surface area contributed by atoms with Gasteiger partial charge in [0.25, 0.3) is 0 Å². The van der Waals surface area contributed by atoms with Crippen molar-refractivity contribution >= 4 is 0 Å². The zero-order chi connectivity index (χ0) is 14.8. The Balaban J connectivity index is 2.29. The predicted octanol–water partition coefficient (Wildman–Crippen LogP) is 2.78. The van der Waals surface area contributed by atoms with Crippen molar-refractivity contribution in [2.45, 2.75) is 51.4 Å². The van der Waals surface area contributed by atoms with Crippen LogP contribution in [0.1, 0.15) is 44.5 Å². The van der Waals surface area contributed by atoms with Crippen LogP contribution in [0.4, 0.5) is 13.2 Å². The van der Waals surface area contributed by atoms with Crippen LogP contribution in [0.2, 0.25) is 0 Å². The highest BCUT2D eigenvalue weighted by molar-refractivity contribution is 5.03. The highest BCUT2D eigenvalue weighted by atomic mass is 19.4. The van der Waals surface area contributed by atoms with Gasteiger partial charge in [-0.1, -0.05) is 12.8 Å². The minimum atomic E-state index is -4.18. The normalized spacial score (nSPS) is 25.6. The molecule has 3 N–H and O–H groups in total. The van der Waals surface area contributed by atoms with Crippen LogP contribution in [0.5, 0.6) is 0 Å². The number of halogens is 3. The van der Waals surface area contributed by atoms with Crippen molar-refractivity contribution in [2.75, 3.05) is 0 Å². The average Bonchev–Trinajstić information content (AvgIpc) is 2.87. The van der Waals surface area contributed by atoms with Gasteiger partial charge in [-0.25, -0.2) is 10.4 Å². The van der Waals surface area contributed by atoms with Gasteiger partial charge >= 0.3 is 6.18 Å². The average molecular weight is 290 g/mol. The zero-order valence-corrected chi connectivity index (χ0v) is 11.5. The Kier molecular flexibility index (Phi) is 4.70. The van der Waals surface area contributed by atoms with Crippen LogP contribution in [0.25, 0.3) is 0 Å². The molecule has 1 fully saturated rings. The first kappa shape index (κ1) is 15.3. The number of aryl methyl sites for hydroxylation is 1. The molecule has 20 heavy (non-hydrogen) atoms. The maximum absolute atomic E-state index is 13.2. The summed E-state index contributed by atoms with van der Waals surface area (Å²) in [5.41, 5.74) is 2.57. The number of nitrogens with two attached hydrogens (primary N) is 1. The Hall–Kier alpha value is -1.08.